The van der Waals surface area contributed by atoms with Gasteiger partial charge >= 0.3 is 0 Å². The van der Waals surface area contributed by atoms with E-state index in [0.29, 0.717) is 10.6 Å². The predicted molar refractivity (Wildman–Crippen MR) is 91.4 cm³/mol. The highest BCUT2D eigenvalue weighted by molar-refractivity contribution is 7.13. The van der Waals surface area contributed by atoms with Gasteiger partial charge in [-0.1, -0.05) is 6.07 Å². The largest absolute Gasteiger partial charge is 0.385 e. The molecule has 1 aliphatic rings. The number of carbonyl (C=O) groups excluding carboxylic acids is 1. The van der Waals surface area contributed by atoms with Crippen molar-refractivity contribution in [2.45, 2.75) is 25.3 Å². The van der Waals surface area contributed by atoms with Crippen LogP contribution in [-0.4, -0.2) is 36.2 Å². The van der Waals surface area contributed by atoms with Gasteiger partial charge in [-0.2, -0.15) is 0 Å². The lowest BCUT2D eigenvalue weighted by molar-refractivity contribution is -0.0146. The number of nitrogens with two attached hydrogens (primary N) is 1. The number of aliphatic imine (C=N–C) groups is 1. The van der Waals surface area contributed by atoms with Gasteiger partial charge in [0.1, 0.15) is 18.3 Å². The standard InChI is InChI=1S/C17H16F3N3O2S/c1-9-6-22-15(26-9)13(24)5-10-2-3-12(18)11(4-10)17(16(19)20)8-25-7-14(21)23-17/h2-4,6,16H,5,7-8H2,1H3,(H2,21,23)/t17-/m0/s1. The van der Waals surface area contributed by atoms with Gasteiger partial charge in [-0.15, -0.1) is 11.3 Å². The van der Waals surface area contributed by atoms with Gasteiger partial charge in [0.05, 0.1) is 6.61 Å². The molecule has 0 fully saturated rings. The second-order valence-corrected chi connectivity index (χ2v) is 7.25. The predicted octanol–water partition coefficient (Wildman–Crippen LogP) is 2.86. The molecule has 2 N–H and O–H groups in total. The molecule has 138 valence electrons. The first-order valence-corrected chi connectivity index (χ1v) is 8.58. The number of Topliss-reactive ketones (excluding diaryl/α,β-unsaturated/α-hetero) is 1. The van der Waals surface area contributed by atoms with E-state index in [1.54, 1.807) is 6.20 Å². The Labute approximate surface area is 151 Å². The molecule has 3 rings (SSSR count). The number of benzene rings is 1. The third-order valence-electron chi connectivity index (χ3n) is 4.00. The lowest BCUT2D eigenvalue weighted by Gasteiger charge is -2.33. The Bertz CT molecular complexity index is 869. The summed E-state index contributed by atoms with van der Waals surface area (Å²) in [6.07, 6.45) is -1.53. The summed E-state index contributed by atoms with van der Waals surface area (Å²) in [7, 11) is 0. The van der Waals surface area contributed by atoms with Gasteiger partial charge in [0.25, 0.3) is 6.43 Å². The Morgan fingerprint density at radius 1 is 1.46 bits per heavy atom. The molecule has 1 aliphatic heterocycles. The Kier molecular flexibility index (Phi) is 5.10. The van der Waals surface area contributed by atoms with Crippen LogP contribution in [0.4, 0.5) is 13.2 Å². The van der Waals surface area contributed by atoms with Gasteiger partial charge in [0.2, 0.25) is 0 Å². The highest BCUT2D eigenvalue weighted by Crippen LogP contribution is 2.37. The number of amidine groups is 1. The Balaban J connectivity index is 1.97. The number of carbonyl (C=O) groups is 1. The molecular formula is C17H16F3N3O2S. The summed E-state index contributed by atoms with van der Waals surface area (Å²) in [5.41, 5.74) is 3.37. The van der Waals surface area contributed by atoms with Gasteiger partial charge in [0.15, 0.2) is 16.3 Å². The number of aromatic nitrogens is 1. The number of nitrogens with zero attached hydrogens (tertiary/aromatic N) is 2. The number of thiazole rings is 1. The molecule has 2 heterocycles. The van der Waals surface area contributed by atoms with Gasteiger partial charge in [0, 0.05) is 23.1 Å². The van der Waals surface area contributed by atoms with Crippen LogP contribution in [-0.2, 0) is 16.7 Å². The summed E-state index contributed by atoms with van der Waals surface area (Å²) in [4.78, 5) is 21.0. The number of alkyl halides is 2. The molecule has 0 radical (unpaired) electrons. The molecule has 0 spiro atoms. The van der Waals surface area contributed by atoms with Crippen LogP contribution in [0.15, 0.2) is 29.4 Å². The maximum absolute atomic E-state index is 14.4. The number of ether oxygens (including phenoxy) is 1. The van der Waals surface area contributed by atoms with E-state index in [9.17, 15) is 18.0 Å². The highest BCUT2D eigenvalue weighted by Gasteiger charge is 2.46. The normalized spacial score (nSPS) is 20.3. The number of halogens is 3. The third-order valence-corrected chi connectivity index (χ3v) is 4.95. The van der Waals surface area contributed by atoms with Crippen molar-refractivity contribution in [2.75, 3.05) is 13.2 Å². The average molecular weight is 383 g/mol. The van der Waals surface area contributed by atoms with Gasteiger partial charge in [-0.25, -0.2) is 18.2 Å². The Morgan fingerprint density at radius 3 is 2.85 bits per heavy atom. The fraction of sp³-hybridized carbons (Fsp3) is 0.353. The van der Waals surface area contributed by atoms with Crippen molar-refractivity contribution < 1.29 is 22.7 Å². The third kappa shape index (κ3) is 3.49. The van der Waals surface area contributed by atoms with Crippen molar-refractivity contribution in [3.63, 3.8) is 0 Å². The quantitative estimate of drug-likeness (QED) is 0.806. The number of aryl methyl sites for hydroxylation is 1. The van der Waals surface area contributed by atoms with Crippen molar-refractivity contribution in [1.29, 1.82) is 0 Å². The van der Waals surface area contributed by atoms with E-state index in [1.165, 1.54) is 23.5 Å². The second-order valence-electron chi connectivity index (χ2n) is 6.01. The first kappa shape index (κ1) is 18.5. The number of hydrogen-bond acceptors (Lipinski definition) is 6. The zero-order chi connectivity index (χ0) is 18.9. The summed E-state index contributed by atoms with van der Waals surface area (Å²) in [5.74, 6) is -1.25. The fourth-order valence-electron chi connectivity index (χ4n) is 2.76. The lowest BCUT2D eigenvalue weighted by atomic mass is 9.88. The van der Waals surface area contributed by atoms with E-state index in [-0.39, 0.29) is 30.2 Å². The van der Waals surface area contributed by atoms with E-state index >= 15 is 0 Å². The molecule has 2 aromatic rings. The van der Waals surface area contributed by atoms with Gasteiger partial charge in [-0.05, 0) is 24.6 Å². The molecular weight excluding hydrogens is 367 g/mol. The first-order valence-electron chi connectivity index (χ1n) is 7.76. The minimum Gasteiger partial charge on any atom is -0.385 e. The Hall–Kier alpha value is -2.26. The fourth-order valence-corrected chi connectivity index (χ4v) is 3.46. The maximum atomic E-state index is 14.4. The van der Waals surface area contributed by atoms with Crippen LogP contribution >= 0.6 is 11.3 Å². The summed E-state index contributed by atoms with van der Waals surface area (Å²) < 4.78 is 47.0. The van der Waals surface area contributed by atoms with Gasteiger partial charge < -0.3 is 10.5 Å². The molecule has 0 unspecified atom stereocenters. The molecule has 1 aromatic heterocycles. The van der Waals surface area contributed by atoms with Crippen LogP contribution in [0.3, 0.4) is 0 Å². The summed E-state index contributed by atoms with van der Waals surface area (Å²) in [5, 5.41) is 0.320. The van der Waals surface area contributed by atoms with E-state index in [4.69, 9.17) is 10.5 Å². The monoisotopic (exact) mass is 383 g/mol. The van der Waals surface area contributed by atoms with Crippen molar-refractivity contribution in [1.82, 2.24) is 4.98 Å². The molecule has 26 heavy (non-hydrogen) atoms. The van der Waals surface area contributed by atoms with E-state index in [1.807, 2.05) is 6.92 Å². The summed E-state index contributed by atoms with van der Waals surface area (Å²) in [6, 6.07) is 3.66. The average Bonchev–Trinajstić information content (AvgIpc) is 3.03. The minimum atomic E-state index is -3.02. The summed E-state index contributed by atoms with van der Waals surface area (Å²) >= 11 is 1.24. The minimum absolute atomic E-state index is 0.0837. The molecule has 0 amide bonds. The Morgan fingerprint density at radius 2 is 2.23 bits per heavy atom. The number of rotatable bonds is 5. The van der Waals surface area contributed by atoms with Crippen LogP contribution in [0.1, 0.15) is 25.8 Å². The van der Waals surface area contributed by atoms with Crippen molar-refractivity contribution >= 4 is 23.0 Å². The number of ketones is 1. The molecule has 1 aromatic carbocycles. The second kappa shape index (κ2) is 7.16. The summed E-state index contributed by atoms with van der Waals surface area (Å²) in [6.45, 7) is 1.24. The SMILES string of the molecule is Cc1cnc(C(=O)Cc2ccc(F)c([C@]3(C(F)F)COCC(N)=N3)c2)s1. The van der Waals surface area contributed by atoms with Gasteiger partial charge in [-0.3, -0.25) is 9.79 Å². The lowest BCUT2D eigenvalue weighted by Crippen LogP contribution is -2.45. The first-order chi connectivity index (χ1) is 12.3. The maximum Gasteiger partial charge on any atom is 0.269 e. The topological polar surface area (TPSA) is 77.6 Å². The molecule has 0 saturated heterocycles. The number of hydrogen-bond donors (Lipinski definition) is 1. The van der Waals surface area contributed by atoms with E-state index in [2.05, 4.69) is 9.98 Å². The molecule has 0 saturated carbocycles. The molecule has 0 aliphatic carbocycles. The van der Waals surface area contributed by atoms with Crippen LogP contribution < -0.4 is 5.73 Å². The van der Waals surface area contributed by atoms with Crippen LogP contribution in [0.25, 0.3) is 0 Å². The zero-order valence-electron chi connectivity index (χ0n) is 13.8. The molecule has 0 bridgehead atoms. The van der Waals surface area contributed by atoms with Crippen molar-refractivity contribution in [2.24, 2.45) is 10.7 Å². The van der Waals surface area contributed by atoms with Crippen LogP contribution in [0.5, 0.6) is 0 Å². The van der Waals surface area contributed by atoms with Crippen molar-refractivity contribution in [3.05, 3.63) is 51.2 Å². The van der Waals surface area contributed by atoms with E-state index in [0.717, 1.165) is 10.9 Å². The molecule has 1 atom stereocenters. The molecule has 5 nitrogen and oxygen atoms in total. The zero-order valence-corrected chi connectivity index (χ0v) is 14.7. The molecule has 9 heteroatoms. The van der Waals surface area contributed by atoms with E-state index < -0.39 is 24.4 Å². The smallest absolute Gasteiger partial charge is 0.269 e. The van der Waals surface area contributed by atoms with Crippen LogP contribution in [0, 0.1) is 12.7 Å². The van der Waals surface area contributed by atoms with Crippen LogP contribution in [0.2, 0.25) is 0 Å². The highest BCUT2D eigenvalue weighted by atomic mass is 32.1. The van der Waals surface area contributed by atoms with Crippen molar-refractivity contribution in [3.8, 4) is 0 Å².